The van der Waals surface area contributed by atoms with E-state index in [1.165, 1.54) is 11.5 Å². The number of hydrogen-bond donors (Lipinski definition) is 0. The van der Waals surface area contributed by atoms with E-state index < -0.39 is 0 Å². The van der Waals surface area contributed by atoms with Crippen LogP contribution in [-0.4, -0.2) is 9.59 Å². The summed E-state index contributed by atoms with van der Waals surface area (Å²) in [5, 5.41) is 5.76. The van der Waals surface area contributed by atoms with Gasteiger partial charge in [-0.15, -0.1) is 5.10 Å². The van der Waals surface area contributed by atoms with Gasteiger partial charge in [-0.05, 0) is 24.0 Å². The molecule has 0 atom stereocenters. The lowest BCUT2D eigenvalue weighted by Gasteiger charge is -1.76. The molecule has 1 aromatic heterocycles. The first-order chi connectivity index (χ1) is 4.43. The second-order valence-corrected chi connectivity index (χ2v) is 2.25. The Morgan fingerprint density at radius 1 is 1.78 bits per heavy atom. The van der Waals surface area contributed by atoms with Crippen LogP contribution in [0.15, 0.2) is 11.5 Å². The van der Waals surface area contributed by atoms with Crippen LogP contribution in [0.2, 0.25) is 0 Å². The second-order valence-electron chi connectivity index (χ2n) is 1.64. The first kappa shape index (κ1) is 6.42. The first-order valence-electron chi connectivity index (χ1n) is 2.87. The summed E-state index contributed by atoms with van der Waals surface area (Å²) < 4.78 is 3.72. The van der Waals surface area contributed by atoms with Gasteiger partial charge in [0.25, 0.3) is 0 Å². The van der Waals surface area contributed by atoms with Crippen molar-refractivity contribution in [2.75, 3.05) is 0 Å². The van der Waals surface area contributed by atoms with E-state index in [1.807, 2.05) is 11.5 Å². The monoisotopic (exact) mass is 140 g/mol. The number of nitrogens with zero attached hydrogens (tertiary/aromatic N) is 2. The Morgan fingerprint density at radius 3 is 3.22 bits per heavy atom. The van der Waals surface area contributed by atoms with Crippen LogP contribution in [0.4, 0.5) is 0 Å². The van der Waals surface area contributed by atoms with Gasteiger partial charge < -0.3 is 0 Å². The number of rotatable bonds is 2. The van der Waals surface area contributed by atoms with Gasteiger partial charge in [0, 0.05) is 5.38 Å². The lowest BCUT2D eigenvalue weighted by Crippen LogP contribution is -1.68. The largest absolute Gasteiger partial charge is 0.139 e. The molecule has 0 spiro atoms. The van der Waals surface area contributed by atoms with Crippen LogP contribution >= 0.6 is 11.5 Å². The molecule has 3 heteroatoms. The molecule has 0 unspecified atom stereocenters. The second kappa shape index (κ2) is 3.35. The quantitative estimate of drug-likeness (QED) is 0.627. The van der Waals surface area contributed by atoms with Crippen LogP contribution in [0.1, 0.15) is 19.0 Å². The molecule has 1 heterocycles. The molecule has 0 N–H and O–H groups in total. The van der Waals surface area contributed by atoms with Gasteiger partial charge in [0.15, 0.2) is 0 Å². The Labute approximate surface area is 58.4 Å². The van der Waals surface area contributed by atoms with Crippen LogP contribution in [-0.2, 0) is 0 Å². The van der Waals surface area contributed by atoms with E-state index >= 15 is 0 Å². The average Bonchev–Trinajstić information content (AvgIpc) is 2.34. The molecule has 2 nitrogen and oxygen atoms in total. The minimum Gasteiger partial charge on any atom is -0.139 e. The Bertz CT molecular complexity index is 179. The molecule has 0 fully saturated rings. The maximum atomic E-state index is 3.84. The van der Waals surface area contributed by atoms with Gasteiger partial charge in [0.1, 0.15) is 0 Å². The molecule has 48 valence electrons. The maximum Gasteiger partial charge on any atom is 0.0978 e. The van der Waals surface area contributed by atoms with Crippen LogP contribution in [0.5, 0.6) is 0 Å². The summed E-state index contributed by atoms with van der Waals surface area (Å²) in [5.41, 5.74) is 0.960. The SMILES string of the molecule is CCC=Cc1csnn1. The van der Waals surface area contributed by atoms with Crippen molar-refractivity contribution in [3.63, 3.8) is 0 Å². The summed E-state index contributed by atoms with van der Waals surface area (Å²) in [6, 6.07) is 0. The van der Waals surface area contributed by atoms with E-state index in [1.54, 1.807) is 0 Å². The molecule has 0 aliphatic carbocycles. The molecule has 0 aliphatic rings. The van der Waals surface area contributed by atoms with Gasteiger partial charge in [-0.25, -0.2) is 0 Å². The van der Waals surface area contributed by atoms with Crippen molar-refractivity contribution >= 4 is 17.6 Å². The highest BCUT2D eigenvalue weighted by Crippen LogP contribution is 1.99. The van der Waals surface area contributed by atoms with E-state index in [9.17, 15) is 0 Å². The van der Waals surface area contributed by atoms with E-state index in [0.29, 0.717) is 0 Å². The van der Waals surface area contributed by atoms with Crippen molar-refractivity contribution in [2.45, 2.75) is 13.3 Å². The van der Waals surface area contributed by atoms with Gasteiger partial charge >= 0.3 is 0 Å². The molecule has 1 rings (SSSR count). The Morgan fingerprint density at radius 2 is 2.67 bits per heavy atom. The minimum atomic E-state index is 0.960. The maximum absolute atomic E-state index is 3.84. The van der Waals surface area contributed by atoms with Gasteiger partial charge in [-0.1, -0.05) is 17.5 Å². The highest BCUT2D eigenvalue weighted by Gasteiger charge is 1.84. The van der Waals surface area contributed by atoms with E-state index in [4.69, 9.17) is 0 Å². The summed E-state index contributed by atoms with van der Waals surface area (Å²) in [6.07, 6.45) is 5.10. The van der Waals surface area contributed by atoms with Crippen LogP contribution in [0.3, 0.4) is 0 Å². The molecule has 0 saturated heterocycles. The van der Waals surface area contributed by atoms with Crippen molar-refractivity contribution < 1.29 is 0 Å². The van der Waals surface area contributed by atoms with Gasteiger partial charge in [0.05, 0.1) is 5.69 Å². The standard InChI is InChI=1S/C6H8N2S/c1-2-3-4-6-5-9-8-7-6/h3-5H,2H2,1H3. The highest BCUT2D eigenvalue weighted by atomic mass is 32.1. The molecule has 9 heavy (non-hydrogen) atoms. The zero-order chi connectivity index (χ0) is 6.53. The van der Waals surface area contributed by atoms with Crippen LogP contribution in [0.25, 0.3) is 6.08 Å². The summed E-state index contributed by atoms with van der Waals surface area (Å²) in [6.45, 7) is 2.09. The van der Waals surface area contributed by atoms with Crippen molar-refractivity contribution in [1.82, 2.24) is 9.59 Å². The topological polar surface area (TPSA) is 25.8 Å². The first-order valence-corrected chi connectivity index (χ1v) is 3.70. The molecule has 0 aliphatic heterocycles. The van der Waals surface area contributed by atoms with E-state index in [-0.39, 0.29) is 0 Å². The third-order valence-electron chi connectivity index (χ3n) is 0.901. The van der Waals surface area contributed by atoms with Gasteiger partial charge in [0.2, 0.25) is 0 Å². The number of allylic oxidation sites excluding steroid dienone is 1. The van der Waals surface area contributed by atoms with Crippen molar-refractivity contribution in [1.29, 1.82) is 0 Å². The van der Waals surface area contributed by atoms with E-state index in [0.717, 1.165) is 12.1 Å². The molecule has 0 radical (unpaired) electrons. The predicted molar refractivity (Wildman–Crippen MR) is 39.2 cm³/mol. The summed E-state index contributed by atoms with van der Waals surface area (Å²) in [5.74, 6) is 0. The summed E-state index contributed by atoms with van der Waals surface area (Å²) in [7, 11) is 0. The smallest absolute Gasteiger partial charge is 0.0978 e. The highest BCUT2D eigenvalue weighted by molar-refractivity contribution is 7.03. The average molecular weight is 140 g/mol. The molecular formula is C6H8N2S. The fourth-order valence-electron chi connectivity index (χ4n) is 0.483. The van der Waals surface area contributed by atoms with Crippen LogP contribution < -0.4 is 0 Å². The summed E-state index contributed by atoms with van der Waals surface area (Å²) >= 11 is 1.38. The molecule has 0 amide bonds. The number of hydrogen-bond acceptors (Lipinski definition) is 3. The summed E-state index contributed by atoms with van der Waals surface area (Å²) in [4.78, 5) is 0. The van der Waals surface area contributed by atoms with Gasteiger partial charge in [-0.2, -0.15) is 0 Å². The molecular weight excluding hydrogens is 132 g/mol. The Kier molecular flexibility index (Phi) is 2.39. The fraction of sp³-hybridized carbons (Fsp3) is 0.333. The lowest BCUT2D eigenvalue weighted by atomic mass is 10.4. The van der Waals surface area contributed by atoms with Crippen LogP contribution in [0, 0.1) is 0 Å². The molecule has 0 saturated carbocycles. The van der Waals surface area contributed by atoms with Gasteiger partial charge in [-0.3, -0.25) is 0 Å². The third-order valence-corrected chi connectivity index (χ3v) is 1.42. The minimum absolute atomic E-state index is 0.960. The zero-order valence-corrected chi connectivity index (χ0v) is 6.06. The third kappa shape index (κ3) is 1.93. The normalized spacial score (nSPS) is 10.8. The predicted octanol–water partition coefficient (Wildman–Crippen LogP) is 1.96. The Hall–Kier alpha value is -0.700. The molecule has 1 aromatic rings. The molecule has 0 aromatic carbocycles. The molecule has 0 bridgehead atoms. The lowest BCUT2D eigenvalue weighted by molar-refractivity contribution is 1.13. The van der Waals surface area contributed by atoms with Crippen molar-refractivity contribution in [2.24, 2.45) is 0 Å². The van der Waals surface area contributed by atoms with Crippen molar-refractivity contribution in [3.8, 4) is 0 Å². The number of aromatic nitrogens is 2. The zero-order valence-electron chi connectivity index (χ0n) is 5.24. The van der Waals surface area contributed by atoms with E-state index in [2.05, 4.69) is 22.6 Å². The fourth-order valence-corrected chi connectivity index (χ4v) is 0.905. The van der Waals surface area contributed by atoms with Crippen molar-refractivity contribution in [3.05, 3.63) is 17.2 Å². The Balaban J connectivity index is 2.57.